The molecule has 88 valence electrons. The highest BCUT2D eigenvalue weighted by atomic mass is 127. The summed E-state index contributed by atoms with van der Waals surface area (Å²) in [5.41, 5.74) is 0.354. The average molecular weight is 445 g/mol. The summed E-state index contributed by atoms with van der Waals surface area (Å²) >= 11 is 4.15. The quantitative estimate of drug-likeness (QED) is 0.553. The van der Waals surface area contributed by atoms with Gasteiger partial charge in [0, 0.05) is 10.1 Å². The molecule has 0 heterocycles. The van der Waals surface area contributed by atoms with Crippen LogP contribution in [-0.2, 0) is 0 Å². The number of benzene rings is 1. The predicted molar refractivity (Wildman–Crippen MR) is 80.8 cm³/mol. The second-order valence-corrected chi connectivity index (χ2v) is 5.80. The number of unbranched alkanes of at least 4 members (excludes halogenated alkanes) is 1. The molecule has 0 bridgehead atoms. The van der Waals surface area contributed by atoms with E-state index >= 15 is 0 Å². The van der Waals surface area contributed by atoms with Crippen molar-refractivity contribution in [2.24, 2.45) is 0 Å². The molecule has 1 aromatic rings. The van der Waals surface area contributed by atoms with Crippen LogP contribution in [0, 0.1) is 7.14 Å². The molecule has 0 aromatic heterocycles. The summed E-state index contributed by atoms with van der Waals surface area (Å²) in [6.07, 6.45) is 1.99. The molecule has 0 spiro atoms. The summed E-state index contributed by atoms with van der Waals surface area (Å²) in [5.74, 6) is -0.141. The van der Waals surface area contributed by atoms with Gasteiger partial charge in [0.25, 0.3) is 5.91 Å². The number of aromatic hydroxyl groups is 1. The van der Waals surface area contributed by atoms with E-state index in [2.05, 4.69) is 34.8 Å². The minimum Gasteiger partial charge on any atom is -0.506 e. The van der Waals surface area contributed by atoms with E-state index in [1.54, 1.807) is 6.07 Å². The summed E-state index contributed by atoms with van der Waals surface area (Å²) < 4.78 is 1.64. The van der Waals surface area contributed by atoms with Crippen molar-refractivity contribution in [3.63, 3.8) is 0 Å². The topological polar surface area (TPSA) is 49.3 Å². The van der Waals surface area contributed by atoms with E-state index in [0.717, 1.165) is 16.4 Å². The van der Waals surface area contributed by atoms with Crippen LogP contribution in [0.1, 0.15) is 30.1 Å². The zero-order chi connectivity index (χ0) is 12.1. The summed E-state index contributed by atoms with van der Waals surface area (Å²) in [7, 11) is 0. The van der Waals surface area contributed by atoms with E-state index in [4.69, 9.17) is 0 Å². The largest absolute Gasteiger partial charge is 0.506 e. The van der Waals surface area contributed by atoms with Gasteiger partial charge in [0.2, 0.25) is 0 Å². The Bertz CT molecular complexity index is 394. The number of hydrogen-bond acceptors (Lipinski definition) is 2. The van der Waals surface area contributed by atoms with Gasteiger partial charge in [-0.15, -0.1) is 0 Å². The maximum absolute atomic E-state index is 11.8. The summed E-state index contributed by atoms with van der Waals surface area (Å²) in [4.78, 5) is 11.8. The van der Waals surface area contributed by atoms with E-state index in [-0.39, 0.29) is 11.7 Å². The second-order valence-electron chi connectivity index (χ2n) is 3.39. The van der Waals surface area contributed by atoms with Gasteiger partial charge in [-0.25, -0.2) is 0 Å². The molecule has 5 heteroatoms. The van der Waals surface area contributed by atoms with Crippen molar-refractivity contribution in [2.75, 3.05) is 6.54 Å². The second kappa shape index (κ2) is 6.63. The first-order valence-corrected chi connectivity index (χ1v) is 7.18. The van der Waals surface area contributed by atoms with E-state index in [1.807, 2.05) is 28.7 Å². The van der Waals surface area contributed by atoms with Crippen molar-refractivity contribution >= 4 is 51.1 Å². The fourth-order valence-electron chi connectivity index (χ4n) is 1.21. The molecule has 3 nitrogen and oxygen atoms in total. The first-order chi connectivity index (χ1) is 7.56. The van der Waals surface area contributed by atoms with Gasteiger partial charge in [0.1, 0.15) is 5.75 Å². The number of rotatable bonds is 4. The highest BCUT2D eigenvalue weighted by Crippen LogP contribution is 2.26. The number of phenolic OH excluding ortho intramolecular Hbond substituents is 1. The Hall–Kier alpha value is -0.0500. The standard InChI is InChI=1S/C11H13I2NO2/c1-2-3-4-14-11(16)8-5-7(12)6-9(13)10(8)15/h5-6,15H,2-4H2,1H3,(H,14,16). The summed E-state index contributed by atoms with van der Waals surface area (Å²) in [6, 6.07) is 3.53. The molecule has 0 saturated carbocycles. The zero-order valence-corrected chi connectivity index (χ0v) is 13.2. The lowest BCUT2D eigenvalue weighted by Gasteiger charge is -2.08. The highest BCUT2D eigenvalue weighted by Gasteiger charge is 2.14. The molecule has 0 atom stereocenters. The lowest BCUT2D eigenvalue weighted by Crippen LogP contribution is -2.24. The fraction of sp³-hybridized carbons (Fsp3) is 0.364. The molecular weight excluding hydrogens is 432 g/mol. The van der Waals surface area contributed by atoms with Crippen LogP contribution in [0.5, 0.6) is 5.75 Å². The van der Waals surface area contributed by atoms with Crippen molar-refractivity contribution in [1.82, 2.24) is 5.32 Å². The fourth-order valence-corrected chi connectivity index (χ4v) is 3.06. The lowest BCUT2D eigenvalue weighted by molar-refractivity contribution is 0.0950. The van der Waals surface area contributed by atoms with E-state index < -0.39 is 0 Å². The maximum Gasteiger partial charge on any atom is 0.255 e. The minimum atomic E-state index is -0.206. The smallest absolute Gasteiger partial charge is 0.255 e. The summed E-state index contributed by atoms with van der Waals surface area (Å²) in [6.45, 7) is 2.72. The minimum absolute atomic E-state index is 0.0648. The Morgan fingerprint density at radius 3 is 2.75 bits per heavy atom. The molecule has 0 aliphatic rings. The van der Waals surface area contributed by atoms with Gasteiger partial charge in [0.15, 0.2) is 0 Å². The third-order valence-electron chi connectivity index (χ3n) is 2.09. The normalized spacial score (nSPS) is 10.2. The Morgan fingerprint density at radius 2 is 2.12 bits per heavy atom. The molecule has 0 aliphatic carbocycles. The first kappa shape index (κ1) is 14.0. The lowest BCUT2D eigenvalue weighted by atomic mass is 10.2. The van der Waals surface area contributed by atoms with Crippen molar-refractivity contribution in [3.8, 4) is 5.75 Å². The number of carbonyl (C=O) groups is 1. The third kappa shape index (κ3) is 3.76. The van der Waals surface area contributed by atoms with E-state index in [9.17, 15) is 9.90 Å². The Labute approximate surface area is 122 Å². The summed E-state index contributed by atoms with van der Waals surface area (Å²) in [5, 5.41) is 12.6. The number of carbonyl (C=O) groups excluding carboxylic acids is 1. The third-order valence-corrected chi connectivity index (χ3v) is 3.53. The van der Waals surface area contributed by atoms with Gasteiger partial charge < -0.3 is 10.4 Å². The van der Waals surface area contributed by atoms with Crippen LogP contribution in [0.4, 0.5) is 0 Å². The van der Waals surface area contributed by atoms with Crippen LogP contribution < -0.4 is 5.32 Å². The highest BCUT2D eigenvalue weighted by molar-refractivity contribution is 14.1. The molecule has 0 radical (unpaired) electrons. The monoisotopic (exact) mass is 445 g/mol. The van der Waals surface area contributed by atoms with Crippen molar-refractivity contribution in [1.29, 1.82) is 0 Å². The number of amides is 1. The van der Waals surface area contributed by atoms with Gasteiger partial charge in [-0.2, -0.15) is 0 Å². The molecule has 0 saturated heterocycles. The van der Waals surface area contributed by atoms with Gasteiger partial charge in [0.05, 0.1) is 9.13 Å². The van der Waals surface area contributed by atoms with Crippen molar-refractivity contribution in [3.05, 3.63) is 24.8 Å². The molecule has 0 unspecified atom stereocenters. The molecule has 16 heavy (non-hydrogen) atoms. The van der Waals surface area contributed by atoms with E-state index in [0.29, 0.717) is 15.7 Å². The Kier molecular flexibility index (Phi) is 5.81. The number of hydrogen-bond donors (Lipinski definition) is 2. The van der Waals surface area contributed by atoms with Crippen LogP contribution in [0.25, 0.3) is 0 Å². The molecule has 0 fully saturated rings. The van der Waals surface area contributed by atoms with Crippen LogP contribution in [-0.4, -0.2) is 17.6 Å². The zero-order valence-electron chi connectivity index (χ0n) is 8.89. The van der Waals surface area contributed by atoms with Crippen LogP contribution in [0.2, 0.25) is 0 Å². The maximum atomic E-state index is 11.8. The average Bonchev–Trinajstić information content (AvgIpc) is 2.23. The Balaban J connectivity index is 2.82. The Morgan fingerprint density at radius 1 is 1.44 bits per heavy atom. The van der Waals surface area contributed by atoms with Gasteiger partial charge >= 0.3 is 0 Å². The van der Waals surface area contributed by atoms with Crippen LogP contribution >= 0.6 is 45.2 Å². The van der Waals surface area contributed by atoms with Crippen molar-refractivity contribution < 1.29 is 9.90 Å². The van der Waals surface area contributed by atoms with Gasteiger partial charge in [-0.05, 0) is 63.7 Å². The number of nitrogens with one attached hydrogen (secondary N) is 1. The predicted octanol–water partition coefficient (Wildman–Crippen LogP) is 3.13. The SMILES string of the molecule is CCCCNC(=O)c1cc(I)cc(I)c1O. The van der Waals surface area contributed by atoms with Crippen molar-refractivity contribution in [2.45, 2.75) is 19.8 Å². The molecular formula is C11H13I2NO2. The first-order valence-electron chi connectivity index (χ1n) is 5.02. The molecule has 0 aliphatic heterocycles. The number of halogens is 2. The molecule has 1 amide bonds. The molecule has 2 N–H and O–H groups in total. The van der Waals surface area contributed by atoms with Crippen LogP contribution in [0.3, 0.4) is 0 Å². The van der Waals surface area contributed by atoms with Crippen LogP contribution in [0.15, 0.2) is 12.1 Å². The van der Waals surface area contributed by atoms with E-state index in [1.165, 1.54) is 0 Å². The molecule has 1 aromatic carbocycles. The van der Waals surface area contributed by atoms with Gasteiger partial charge in [-0.3, -0.25) is 4.79 Å². The number of phenols is 1. The molecule has 1 rings (SSSR count). The van der Waals surface area contributed by atoms with Gasteiger partial charge in [-0.1, -0.05) is 13.3 Å².